The summed E-state index contributed by atoms with van der Waals surface area (Å²) >= 11 is 5.83. The minimum atomic E-state index is -3.38. The number of nitrogens with zero attached hydrogens (tertiary/aromatic N) is 2. The molecule has 1 aromatic heterocycles. The van der Waals surface area contributed by atoms with Crippen molar-refractivity contribution in [3.05, 3.63) is 59.1 Å². The van der Waals surface area contributed by atoms with Gasteiger partial charge in [-0.1, -0.05) is 23.7 Å². The molecule has 0 aliphatic carbocycles. The SMILES string of the molecule is O=S(=O)(Cc1cccc(Cl)c1)NCCc1cnccn1. The first-order chi connectivity index (χ1) is 9.55. The molecule has 0 saturated carbocycles. The van der Waals surface area contributed by atoms with Crippen molar-refractivity contribution in [2.75, 3.05) is 6.54 Å². The first-order valence-electron chi connectivity index (χ1n) is 6.02. The Balaban J connectivity index is 1.88. The van der Waals surface area contributed by atoms with E-state index in [0.29, 0.717) is 23.6 Å². The van der Waals surface area contributed by atoms with E-state index < -0.39 is 10.0 Å². The fourth-order valence-corrected chi connectivity index (χ4v) is 3.04. The summed E-state index contributed by atoms with van der Waals surface area (Å²) in [5.41, 5.74) is 1.41. The third kappa shape index (κ3) is 4.88. The van der Waals surface area contributed by atoms with Crippen LogP contribution < -0.4 is 4.72 Å². The van der Waals surface area contributed by atoms with E-state index in [2.05, 4.69) is 14.7 Å². The molecule has 0 radical (unpaired) electrons. The highest BCUT2D eigenvalue weighted by atomic mass is 35.5. The van der Waals surface area contributed by atoms with Gasteiger partial charge in [0.2, 0.25) is 10.0 Å². The number of hydrogen-bond acceptors (Lipinski definition) is 4. The van der Waals surface area contributed by atoms with E-state index in [1.54, 1.807) is 42.9 Å². The smallest absolute Gasteiger partial charge is 0.215 e. The van der Waals surface area contributed by atoms with Crippen LogP contribution >= 0.6 is 11.6 Å². The van der Waals surface area contributed by atoms with Crippen LogP contribution in [0.5, 0.6) is 0 Å². The predicted molar refractivity (Wildman–Crippen MR) is 77.8 cm³/mol. The number of benzene rings is 1. The molecule has 0 aliphatic heterocycles. The predicted octanol–water partition coefficient (Wildman–Crippen LogP) is 1.79. The second-order valence-corrected chi connectivity index (χ2v) is 6.47. The lowest BCUT2D eigenvalue weighted by Crippen LogP contribution is -2.27. The zero-order valence-corrected chi connectivity index (χ0v) is 12.2. The normalized spacial score (nSPS) is 11.4. The second-order valence-electron chi connectivity index (χ2n) is 4.23. The van der Waals surface area contributed by atoms with Gasteiger partial charge in [-0.25, -0.2) is 13.1 Å². The lowest BCUT2D eigenvalue weighted by molar-refractivity contribution is 0.580. The van der Waals surface area contributed by atoms with Crippen LogP contribution in [-0.2, 0) is 22.2 Å². The Kier molecular flexibility index (Phi) is 5.05. The Morgan fingerprint density at radius 3 is 2.80 bits per heavy atom. The van der Waals surface area contributed by atoms with Crippen molar-refractivity contribution in [3.63, 3.8) is 0 Å². The van der Waals surface area contributed by atoms with Crippen molar-refractivity contribution in [1.29, 1.82) is 0 Å². The summed E-state index contributed by atoms with van der Waals surface area (Å²) in [5.74, 6) is -0.0893. The molecule has 0 fully saturated rings. The summed E-state index contributed by atoms with van der Waals surface area (Å²) < 4.78 is 26.4. The summed E-state index contributed by atoms with van der Waals surface area (Å²) in [6.07, 6.45) is 5.27. The molecule has 1 heterocycles. The van der Waals surface area contributed by atoms with E-state index in [4.69, 9.17) is 11.6 Å². The number of aromatic nitrogens is 2. The van der Waals surface area contributed by atoms with Crippen molar-refractivity contribution in [3.8, 4) is 0 Å². The summed E-state index contributed by atoms with van der Waals surface area (Å²) in [5, 5.41) is 0.525. The number of halogens is 1. The average molecular weight is 312 g/mol. The Hall–Kier alpha value is -1.50. The van der Waals surface area contributed by atoms with Crippen molar-refractivity contribution >= 4 is 21.6 Å². The lowest BCUT2D eigenvalue weighted by atomic mass is 10.2. The van der Waals surface area contributed by atoms with Crippen LogP contribution in [0.1, 0.15) is 11.3 Å². The molecule has 2 rings (SSSR count). The Bertz CT molecular complexity index is 662. The lowest BCUT2D eigenvalue weighted by Gasteiger charge is -2.06. The molecule has 106 valence electrons. The van der Waals surface area contributed by atoms with Gasteiger partial charge in [0.1, 0.15) is 0 Å². The molecule has 0 saturated heterocycles. The molecule has 0 bridgehead atoms. The van der Waals surface area contributed by atoms with Gasteiger partial charge in [-0.2, -0.15) is 0 Å². The largest absolute Gasteiger partial charge is 0.261 e. The molecule has 1 N–H and O–H groups in total. The first-order valence-corrected chi connectivity index (χ1v) is 8.05. The highest BCUT2D eigenvalue weighted by molar-refractivity contribution is 7.88. The molecule has 0 amide bonds. The third-order valence-electron chi connectivity index (χ3n) is 2.57. The van der Waals surface area contributed by atoms with E-state index in [9.17, 15) is 8.42 Å². The second kappa shape index (κ2) is 6.78. The standard InChI is InChI=1S/C13H14ClN3O2S/c14-12-3-1-2-11(8-12)10-20(18,19)17-5-4-13-9-15-6-7-16-13/h1-3,6-9,17H,4-5,10H2. The highest BCUT2D eigenvalue weighted by Crippen LogP contribution is 2.12. The number of nitrogens with one attached hydrogen (secondary N) is 1. The van der Waals surface area contributed by atoms with Crippen molar-refractivity contribution < 1.29 is 8.42 Å². The fraction of sp³-hybridized carbons (Fsp3) is 0.231. The van der Waals surface area contributed by atoms with Crippen LogP contribution in [0.3, 0.4) is 0 Å². The van der Waals surface area contributed by atoms with E-state index >= 15 is 0 Å². The minimum absolute atomic E-state index is 0.0893. The zero-order valence-electron chi connectivity index (χ0n) is 10.7. The topological polar surface area (TPSA) is 72.0 Å². The molecule has 1 aromatic carbocycles. The Labute approximate surface area is 123 Å². The quantitative estimate of drug-likeness (QED) is 0.883. The molecule has 0 aliphatic rings. The molecule has 0 spiro atoms. The first kappa shape index (κ1) is 14.9. The molecule has 7 heteroatoms. The van der Waals surface area contributed by atoms with Gasteiger partial charge in [-0.3, -0.25) is 9.97 Å². The van der Waals surface area contributed by atoms with E-state index in [0.717, 1.165) is 5.69 Å². The van der Waals surface area contributed by atoms with Gasteiger partial charge in [-0.05, 0) is 17.7 Å². The van der Waals surface area contributed by atoms with Gasteiger partial charge < -0.3 is 0 Å². The van der Waals surface area contributed by atoms with Gasteiger partial charge in [-0.15, -0.1) is 0 Å². The van der Waals surface area contributed by atoms with Crippen LogP contribution in [0.4, 0.5) is 0 Å². The molecule has 0 unspecified atom stereocenters. The third-order valence-corrected chi connectivity index (χ3v) is 4.16. The van der Waals surface area contributed by atoms with E-state index in [-0.39, 0.29) is 5.75 Å². The van der Waals surface area contributed by atoms with Crippen molar-refractivity contribution in [2.24, 2.45) is 0 Å². The molecular weight excluding hydrogens is 298 g/mol. The maximum atomic E-state index is 11.9. The molecule has 2 aromatic rings. The molecular formula is C13H14ClN3O2S. The molecule has 0 atom stereocenters. The summed E-state index contributed by atoms with van der Waals surface area (Å²) in [6.45, 7) is 0.293. The zero-order chi connectivity index (χ0) is 14.4. The maximum absolute atomic E-state index is 11.9. The van der Waals surface area contributed by atoms with Gasteiger partial charge in [0.15, 0.2) is 0 Å². The summed E-state index contributed by atoms with van der Waals surface area (Å²) in [6, 6.07) is 6.81. The summed E-state index contributed by atoms with van der Waals surface area (Å²) in [4.78, 5) is 8.00. The Morgan fingerprint density at radius 1 is 1.25 bits per heavy atom. The number of sulfonamides is 1. The van der Waals surface area contributed by atoms with Crippen LogP contribution in [0.25, 0.3) is 0 Å². The van der Waals surface area contributed by atoms with Crippen molar-refractivity contribution in [2.45, 2.75) is 12.2 Å². The van der Waals surface area contributed by atoms with Gasteiger partial charge in [0, 0.05) is 36.6 Å². The van der Waals surface area contributed by atoms with Gasteiger partial charge in [0.25, 0.3) is 0 Å². The fourth-order valence-electron chi connectivity index (χ4n) is 1.69. The minimum Gasteiger partial charge on any atom is -0.261 e. The molecule has 5 nitrogen and oxygen atoms in total. The molecule has 20 heavy (non-hydrogen) atoms. The number of rotatable bonds is 6. The monoisotopic (exact) mass is 311 g/mol. The average Bonchev–Trinajstić information content (AvgIpc) is 2.39. The van der Waals surface area contributed by atoms with Crippen LogP contribution in [0.15, 0.2) is 42.9 Å². The maximum Gasteiger partial charge on any atom is 0.215 e. The van der Waals surface area contributed by atoms with E-state index in [1.165, 1.54) is 0 Å². The van der Waals surface area contributed by atoms with Gasteiger partial charge >= 0.3 is 0 Å². The van der Waals surface area contributed by atoms with Crippen LogP contribution in [0, 0.1) is 0 Å². The van der Waals surface area contributed by atoms with Crippen LogP contribution in [0.2, 0.25) is 5.02 Å². The van der Waals surface area contributed by atoms with E-state index in [1.807, 2.05) is 0 Å². The number of hydrogen-bond donors (Lipinski definition) is 1. The van der Waals surface area contributed by atoms with Crippen LogP contribution in [-0.4, -0.2) is 24.9 Å². The van der Waals surface area contributed by atoms with Gasteiger partial charge in [0.05, 0.1) is 11.4 Å². The summed E-state index contributed by atoms with van der Waals surface area (Å²) in [7, 11) is -3.38. The Morgan fingerprint density at radius 2 is 2.10 bits per heavy atom. The van der Waals surface area contributed by atoms with Crippen molar-refractivity contribution in [1.82, 2.24) is 14.7 Å². The highest BCUT2D eigenvalue weighted by Gasteiger charge is 2.11.